The number of fused-ring (bicyclic) bond motifs is 2. The van der Waals surface area contributed by atoms with Crippen molar-refractivity contribution in [3.05, 3.63) is 64.3 Å². The molecule has 1 fully saturated rings. The highest BCUT2D eigenvalue weighted by molar-refractivity contribution is 7.15. The first-order chi connectivity index (χ1) is 14.3. The van der Waals surface area contributed by atoms with Crippen molar-refractivity contribution in [2.45, 2.75) is 32.0 Å². The van der Waals surface area contributed by atoms with Crippen molar-refractivity contribution in [2.75, 3.05) is 19.6 Å². The van der Waals surface area contributed by atoms with Crippen LogP contribution in [0.15, 0.2) is 53.0 Å². The normalized spacial score (nSPS) is 16.1. The molecule has 0 atom stereocenters. The molecule has 0 saturated carbocycles. The van der Waals surface area contributed by atoms with E-state index in [-0.39, 0.29) is 5.56 Å². The van der Waals surface area contributed by atoms with E-state index in [0.717, 1.165) is 60.7 Å². The van der Waals surface area contributed by atoms with Crippen molar-refractivity contribution >= 4 is 27.3 Å². The lowest BCUT2D eigenvalue weighted by atomic mass is 10.1. The number of likely N-dealkylation sites (tertiary alicyclic amines) is 1. The number of piperidine rings is 1. The lowest BCUT2D eigenvalue weighted by molar-refractivity contribution is 0.191. The average molecular weight is 409 g/mol. The molecule has 1 N–H and O–H groups in total. The van der Waals surface area contributed by atoms with E-state index in [2.05, 4.69) is 36.2 Å². The number of thiazole rings is 1. The van der Waals surface area contributed by atoms with Crippen LogP contribution in [0.5, 0.6) is 0 Å². The first kappa shape index (κ1) is 18.5. The van der Waals surface area contributed by atoms with Crippen LogP contribution in [0.3, 0.4) is 0 Å². The number of aromatic nitrogens is 4. The molecule has 0 aliphatic carbocycles. The molecule has 29 heavy (non-hydrogen) atoms. The average Bonchev–Trinajstić information content (AvgIpc) is 3.34. The molecule has 4 aromatic heterocycles. The minimum Gasteiger partial charge on any atom is -0.308 e. The van der Waals surface area contributed by atoms with Gasteiger partial charge in [-0.2, -0.15) is 0 Å². The molecule has 5 rings (SSSR count). The summed E-state index contributed by atoms with van der Waals surface area (Å²) < 4.78 is 3.92. The maximum absolute atomic E-state index is 12.3. The molecule has 5 heterocycles. The van der Waals surface area contributed by atoms with Gasteiger partial charge in [0.25, 0.3) is 5.56 Å². The zero-order valence-corrected chi connectivity index (χ0v) is 17.0. The maximum Gasteiger partial charge on any atom is 0.251 e. The first-order valence-electron chi connectivity index (χ1n) is 10.1. The van der Waals surface area contributed by atoms with Gasteiger partial charge in [0.15, 0.2) is 4.96 Å². The fraction of sp³-hybridized carbons (Fsp3) is 0.381. The number of hydrogen-bond acceptors (Lipinski definition) is 6. The summed E-state index contributed by atoms with van der Waals surface area (Å²) in [5.41, 5.74) is 2.93. The molecule has 7 nitrogen and oxygen atoms in total. The number of hydrogen-bond donors (Lipinski definition) is 1. The Morgan fingerprint density at radius 2 is 2.07 bits per heavy atom. The summed E-state index contributed by atoms with van der Waals surface area (Å²) in [4.78, 5) is 24.8. The van der Waals surface area contributed by atoms with Gasteiger partial charge in [-0.15, -0.1) is 11.3 Å². The number of pyridine rings is 2. The van der Waals surface area contributed by atoms with Crippen LogP contribution < -0.4 is 10.9 Å². The second kappa shape index (κ2) is 8.06. The lowest BCUT2D eigenvalue weighted by Crippen LogP contribution is -2.43. The van der Waals surface area contributed by atoms with Crippen LogP contribution in [-0.2, 0) is 13.1 Å². The second-order valence-corrected chi connectivity index (χ2v) is 8.43. The van der Waals surface area contributed by atoms with Crippen molar-refractivity contribution in [3.63, 3.8) is 0 Å². The number of rotatable bonds is 6. The third kappa shape index (κ3) is 3.96. The molecule has 4 aromatic rings. The van der Waals surface area contributed by atoms with E-state index in [1.807, 2.05) is 22.9 Å². The highest BCUT2D eigenvalue weighted by atomic mass is 32.1. The van der Waals surface area contributed by atoms with Gasteiger partial charge in [-0.25, -0.2) is 4.98 Å². The topological polar surface area (TPSA) is 67.5 Å². The van der Waals surface area contributed by atoms with Crippen molar-refractivity contribution in [2.24, 2.45) is 0 Å². The van der Waals surface area contributed by atoms with Crippen LogP contribution in [0.4, 0.5) is 0 Å². The molecule has 8 heteroatoms. The fourth-order valence-corrected chi connectivity index (χ4v) is 4.79. The van der Waals surface area contributed by atoms with E-state index in [4.69, 9.17) is 0 Å². The number of nitrogens with zero attached hydrogens (tertiary/aromatic N) is 5. The third-order valence-corrected chi connectivity index (χ3v) is 6.47. The van der Waals surface area contributed by atoms with Gasteiger partial charge in [0, 0.05) is 55.7 Å². The molecule has 1 aliphatic rings. The Hall–Kier alpha value is -2.55. The molecule has 0 unspecified atom stereocenters. The quantitative estimate of drug-likeness (QED) is 0.531. The van der Waals surface area contributed by atoms with Gasteiger partial charge in [-0.1, -0.05) is 0 Å². The molecule has 0 amide bonds. The van der Waals surface area contributed by atoms with Crippen molar-refractivity contribution in [3.8, 4) is 0 Å². The highest BCUT2D eigenvalue weighted by Gasteiger charge is 2.19. The standard InChI is InChI=1S/C21H24N6OS/c28-20-4-3-18-19(2-1-7-22-18)27(20)11-10-25-8-5-16(6-9-25)23-14-17-15-26-12-13-29-21(26)24-17/h1-4,7,12-13,15-16,23H,5-6,8-11,14H2. The molecular weight excluding hydrogens is 384 g/mol. The second-order valence-electron chi connectivity index (χ2n) is 7.55. The maximum atomic E-state index is 12.3. The minimum absolute atomic E-state index is 0.0435. The molecule has 1 aliphatic heterocycles. The van der Waals surface area contributed by atoms with Crippen LogP contribution in [-0.4, -0.2) is 49.5 Å². The van der Waals surface area contributed by atoms with Gasteiger partial charge in [-0.05, 0) is 44.1 Å². The molecule has 150 valence electrons. The largest absolute Gasteiger partial charge is 0.308 e. The summed E-state index contributed by atoms with van der Waals surface area (Å²) in [6.07, 6.45) is 8.15. The number of imidazole rings is 1. The first-order valence-corrected chi connectivity index (χ1v) is 11.0. The van der Waals surface area contributed by atoms with E-state index in [0.29, 0.717) is 12.6 Å². The van der Waals surface area contributed by atoms with Gasteiger partial charge in [0.05, 0.1) is 16.7 Å². The third-order valence-electron chi connectivity index (χ3n) is 5.70. The molecule has 0 aromatic carbocycles. The van der Waals surface area contributed by atoms with Crippen LogP contribution in [0, 0.1) is 0 Å². The monoisotopic (exact) mass is 408 g/mol. The molecule has 0 radical (unpaired) electrons. The summed E-state index contributed by atoms with van der Waals surface area (Å²) in [6, 6.07) is 7.80. The van der Waals surface area contributed by atoms with Crippen molar-refractivity contribution in [1.82, 2.24) is 29.2 Å². The summed E-state index contributed by atoms with van der Waals surface area (Å²) in [5, 5.41) is 5.71. The fourth-order valence-electron chi connectivity index (χ4n) is 4.07. The Kier molecular flexibility index (Phi) is 5.13. The number of nitrogens with one attached hydrogen (secondary N) is 1. The Bertz CT molecular complexity index is 1140. The van der Waals surface area contributed by atoms with Gasteiger partial charge in [-0.3, -0.25) is 14.2 Å². The van der Waals surface area contributed by atoms with Crippen LogP contribution in [0.25, 0.3) is 16.0 Å². The molecule has 0 spiro atoms. The summed E-state index contributed by atoms with van der Waals surface area (Å²) in [6.45, 7) is 4.50. The predicted octanol–water partition coefficient (Wildman–Crippen LogP) is 2.36. The summed E-state index contributed by atoms with van der Waals surface area (Å²) >= 11 is 1.66. The van der Waals surface area contributed by atoms with Crippen LogP contribution >= 0.6 is 11.3 Å². The predicted molar refractivity (Wildman–Crippen MR) is 115 cm³/mol. The van der Waals surface area contributed by atoms with Crippen molar-refractivity contribution < 1.29 is 0 Å². The van der Waals surface area contributed by atoms with Crippen LogP contribution in [0.2, 0.25) is 0 Å². The SMILES string of the molecule is O=c1ccc2ncccc2n1CCN1CCC(NCc2cn3ccsc3n2)CC1. The van der Waals surface area contributed by atoms with Crippen molar-refractivity contribution in [1.29, 1.82) is 0 Å². The van der Waals surface area contributed by atoms with Crippen LogP contribution in [0.1, 0.15) is 18.5 Å². The zero-order chi connectivity index (χ0) is 19.6. The highest BCUT2D eigenvalue weighted by Crippen LogP contribution is 2.14. The smallest absolute Gasteiger partial charge is 0.251 e. The van der Waals surface area contributed by atoms with E-state index in [1.54, 1.807) is 29.7 Å². The van der Waals surface area contributed by atoms with E-state index in [9.17, 15) is 4.79 Å². The summed E-state index contributed by atoms with van der Waals surface area (Å²) in [5.74, 6) is 0. The van der Waals surface area contributed by atoms with E-state index in [1.165, 1.54) is 0 Å². The molecular formula is C21H24N6OS. The van der Waals surface area contributed by atoms with Gasteiger partial charge in [0.1, 0.15) is 0 Å². The Labute approximate surface area is 172 Å². The minimum atomic E-state index is 0.0435. The van der Waals surface area contributed by atoms with E-state index < -0.39 is 0 Å². The Morgan fingerprint density at radius 1 is 1.17 bits per heavy atom. The Morgan fingerprint density at radius 3 is 2.93 bits per heavy atom. The van der Waals surface area contributed by atoms with Gasteiger partial charge < -0.3 is 14.8 Å². The van der Waals surface area contributed by atoms with Gasteiger partial charge >= 0.3 is 0 Å². The van der Waals surface area contributed by atoms with Gasteiger partial charge in [0.2, 0.25) is 0 Å². The zero-order valence-electron chi connectivity index (χ0n) is 16.2. The Balaban J connectivity index is 1.13. The molecule has 0 bridgehead atoms. The van der Waals surface area contributed by atoms with E-state index >= 15 is 0 Å². The summed E-state index contributed by atoms with van der Waals surface area (Å²) in [7, 11) is 0. The molecule has 1 saturated heterocycles. The lowest BCUT2D eigenvalue weighted by Gasteiger charge is -2.32.